The molecule has 0 aliphatic heterocycles. The Morgan fingerprint density at radius 2 is 2.21 bits per heavy atom. The van der Waals surface area contributed by atoms with E-state index in [4.69, 9.17) is 16.3 Å². The molecule has 0 amide bonds. The number of halogens is 2. The van der Waals surface area contributed by atoms with Crippen molar-refractivity contribution in [3.05, 3.63) is 35.7 Å². The molecule has 0 saturated heterocycles. The molecular formula is C11H13ClFO. The molecule has 1 aromatic rings. The molecule has 0 fully saturated rings. The predicted molar refractivity (Wildman–Crippen MR) is 56.7 cm³/mol. The molecule has 1 rings (SSSR count). The minimum atomic E-state index is -0.494. The van der Waals surface area contributed by atoms with Crippen molar-refractivity contribution in [2.24, 2.45) is 0 Å². The van der Waals surface area contributed by atoms with Gasteiger partial charge in [0.25, 0.3) is 0 Å². The van der Waals surface area contributed by atoms with E-state index in [-0.39, 0.29) is 5.92 Å². The second kappa shape index (κ2) is 5.20. The van der Waals surface area contributed by atoms with Crippen LogP contribution in [0.4, 0.5) is 4.39 Å². The van der Waals surface area contributed by atoms with Crippen LogP contribution in [-0.2, 0) is 0 Å². The monoisotopic (exact) mass is 215 g/mol. The molecule has 1 radical (unpaired) electrons. The maximum atomic E-state index is 12.4. The van der Waals surface area contributed by atoms with Crippen LogP contribution in [0.3, 0.4) is 0 Å². The van der Waals surface area contributed by atoms with E-state index in [2.05, 4.69) is 6.92 Å². The van der Waals surface area contributed by atoms with E-state index in [1.165, 1.54) is 0 Å². The molecule has 1 unspecified atom stereocenters. The van der Waals surface area contributed by atoms with Crippen molar-refractivity contribution in [3.8, 4) is 5.75 Å². The van der Waals surface area contributed by atoms with Gasteiger partial charge in [-0.05, 0) is 37.6 Å². The molecule has 0 bridgehead atoms. The third-order valence-corrected chi connectivity index (χ3v) is 2.08. The van der Waals surface area contributed by atoms with Crippen LogP contribution in [0, 0.1) is 6.92 Å². The number of rotatable bonds is 4. The zero-order chi connectivity index (χ0) is 10.6. The van der Waals surface area contributed by atoms with Crippen LogP contribution in [0.2, 0.25) is 5.02 Å². The van der Waals surface area contributed by atoms with Crippen LogP contribution in [0.5, 0.6) is 5.75 Å². The van der Waals surface area contributed by atoms with E-state index in [0.717, 1.165) is 5.56 Å². The maximum Gasteiger partial charge on any atom is 0.121 e. The van der Waals surface area contributed by atoms with Gasteiger partial charge in [0.05, 0.1) is 13.3 Å². The fourth-order valence-electron chi connectivity index (χ4n) is 1.16. The van der Waals surface area contributed by atoms with Crippen molar-refractivity contribution in [1.82, 2.24) is 0 Å². The number of benzene rings is 1. The van der Waals surface area contributed by atoms with Crippen molar-refractivity contribution in [2.45, 2.75) is 12.8 Å². The van der Waals surface area contributed by atoms with E-state index in [1.54, 1.807) is 18.2 Å². The van der Waals surface area contributed by atoms with Gasteiger partial charge < -0.3 is 4.74 Å². The van der Waals surface area contributed by atoms with Gasteiger partial charge in [-0.25, -0.2) is 0 Å². The minimum Gasteiger partial charge on any atom is -0.494 e. The van der Waals surface area contributed by atoms with Crippen LogP contribution in [0.25, 0.3) is 0 Å². The third kappa shape index (κ3) is 2.88. The molecule has 0 heterocycles. The van der Waals surface area contributed by atoms with E-state index >= 15 is 0 Å². The first-order valence-electron chi connectivity index (χ1n) is 4.49. The molecule has 1 atom stereocenters. The first-order chi connectivity index (χ1) is 6.67. The summed E-state index contributed by atoms with van der Waals surface area (Å²) in [7, 11) is 0. The molecule has 1 nitrogen and oxygen atoms in total. The Bertz CT molecular complexity index is 301. The van der Waals surface area contributed by atoms with Gasteiger partial charge in [-0.1, -0.05) is 11.6 Å². The molecule has 3 heteroatoms. The van der Waals surface area contributed by atoms with Crippen LogP contribution in [0.15, 0.2) is 18.2 Å². The average molecular weight is 216 g/mol. The fourth-order valence-corrected chi connectivity index (χ4v) is 1.39. The number of hydrogen-bond donors (Lipinski definition) is 0. The van der Waals surface area contributed by atoms with E-state index < -0.39 is 6.67 Å². The van der Waals surface area contributed by atoms with Gasteiger partial charge in [0.15, 0.2) is 0 Å². The first kappa shape index (κ1) is 11.3. The van der Waals surface area contributed by atoms with Crippen LogP contribution >= 0.6 is 11.6 Å². The summed E-state index contributed by atoms with van der Waals surface area (Å²) in [6, 6.07) is 5.19. The van der Waals surface area contributed by atoms with Crippen LogP contribution in [-0.4, -0.2) is 13.3 Å². The normalized spacial score (nSPS) is 12.6. The van der Waals surface area contributed by atoms with Gasteiger partial charge in [-0.15, -0.1) is 0 Å². The minimum absolute atomic E-state index is 0.382. The molecule has 14 heavy (non-hydrogen) atoms. The number of alkyl halides is 1. The molecule has 0 saturated carbocycles. The van der Waals surface area contributed by atoms with Gasteiger partial charge in [0.1, 0.15) is 5.75 Å². The van der Waals surface area contributed by atoms with E-state index in [0.29, 0.717) is 17.4 Å². The van der Waals surface area contributed by atoms with Crippen LogP contribution in [0.1, 0.15) is 18.4 Å². The summed E-state index contributed by atoms with van der Waals surface area (Å²) in [6.45, 7) is 5.64. The SMILES string of the molecule is [CH2]C(CF)c1cc(Cl)cc(OCC)c1. The highest BCUT2D eigenvalue weighted by molar-refractivity contribution is 6.30. The number of ether oxygens (including phenoxy) is 1. The highest BCUT2D eigenvalue weighted by atomic mass is 35.5. The largest absolute Gasteiger partial charge is 0.494 e. The van der Waals surface area contributed by atoms with E-state index in [1.807, 2.05) is 6.92 Å². The molecule has 0 aliphatic carbocycles. The Balaban J connectivity index is 2.94. The smallest absolute Gasteiger partial charge is 0.121 e. The standard InChI is InChI=1S/C11H13ClFO/c1-3-14-11-5-9(8(2)7-13)4-10(12)6-11/h4-6,8H,2-3,7H2,1H3. The summed E-state index contributed by atoms with van der Waals surface area (Å²) in [5.74, 6) is 0.282. The summed E-state index contributed by atoms with van der Waals surface area (Å²) in [5.41, 5.74) is 0.767. The Labute approximate surface area is 88.8 Å². The second-order valence-corrected chi connectivity index (χ2v) is 3.44. The molecule has 0 N–H and O–H groups in total. The third-order valence-electron chi connectivity index (χ3n) is 1.86. The molecular weight excluding hydrogens is 203 g/mol. The molecule has 0 aliphatic rings. The van der Waals surface area contributed by atoms with Crippen molar-refractivity contribution >= 4 is 11.6 Å². The lowest BCUT2D eigenvalue weighted by Gasteiger charge is -2.10. The van der Waals surface area contributed by atoms with Crippen molar-refractivity contribution in [2.75, 3.05) is 13.3 Å². The van der Waals surface area contributed by atoms with Gasteiger partial charge in [0, 0.05) is 10.9 Å². The second-order valence-electron chi connectivity index (χ2n) is 3.00. The Morgan fingerprint density at radius 1 is 1.50 bits per heavy atom. The molecule has 0 spiro atoms. The Hall–Kier alpha value is -0.760. The first-order valence-corrected chi connectivity index (χ1v) is 4.87. The van der Waals surface area contributed by atoms with Crippen molar-refractivity contribution in [3.63, 3.8) is 0 Å². The van der Waals surface area contributed by atoms with Crippen molar-refractivity contribution < 1.29 is 9.13 Å². The summed E-state index contributed by atoms with van der Waals surface area (Å²) in [6.07, 6.45) is 0. The Morgan fingerprint density at radius 3 is 2.79 bits per heavy atom. The highest BCUT2D eigenvalue weighted by Crippen LogP contribution is 2.26. The lowest BCUT2D eigenvalue weighted by atomic mass is 10.0. The summed E-state index contributed by atoms with van der Waals surface area (Å²) in [5, 5.41) is 0.549. The highest BCUT2D eigenvalue weighted by Gasteiger charge is 2.07. The van der Waals surface area contributed by atoms with Gasteiger partial charge in [-0.3, -0.25) is 4.39 Å². The van der Waals surface area contributed by atoms with Crippen molar-refractivity contribution in [1.29, 1.82) is 0 Å². The van der Waals surface area contributed by atoms with Gasteiger partial charge in [0.2, 0.25) is 0 Å². The molecule has 1 aromatic carbocycles. The lowest BCUT2D eigenvalue weighted by Crippen LogP contribution is -1.98. The summed E-state index contributed by atoms with van der Waals surface area (Å²) in [4.78, 5) is 0. The fraction of sp³-hybridized carbons (Fsp3) is 0.364. The van der Waals surface area contributed by atoms with E-state index in [9.17, 15) is 4.39 Å². The molecule has 77 valence electrons. The lowest BCUT2D eigenvalue weighted by molar-refractivity contribution is 0.339. The topological polar surface area (TPSA) is 9.23 Å². The zero-order valence-electron chi connectivity index (χ0n) is 8.09. The summed E-state index contributed by atoms with van der Waals surface area (Å²) >= 11 is 5.86. The number of hydrogen-bond acceptors (Lipinski definition) is 1. The van der Waals surface area contributed by atoms with Gasteiger partial charge in [-0.2, -0.15) is 0 Å². The summed E-state index contributed by atoms with van der Waals surface area (Å²) < 4.78 is 17.7. The molecule has 0 aromatic heterocycles. The van der Waals surface area contributed by atoms with Gasteiger partial charge >= 0.3 is 0 Å². The maximum absolute atomic E-state index is 12.4. The van der Waals surface area contributed by atoms with Crippen LogP contribution < -0.4 is 4.74 Å². The quantitative estimate of drug-likeness (QED) is 0.746. The average Bonchev–Trinajstić information content (AvgIpc) is 2.16. The zero-order valence-corrected chi connectivity index (χ0v) is 8.85. The predicted octanol–water partition coefficient (Wildman–Crippen LogP) is 3.63. The Kier molecular flexibility index (Phi) is 4.21.